The van der Waals surface area contributed by atoms with Gasteiger partial charge in [-0.05, 0) is 29.3 Å². The van der Waals surface area contributed by atoms with Gasteiger partial charge < -0.3 is 10.6 Å². The van der Waals surface area contributed by atoms with E-state index in [9.17, 15) is 19.6 Å². The van der Waals surface area contributed by atoms with E-state index < -0.39 is 23.8 Å². The second kappa shape index (κ2) is 15.5. The zero-order valence-electron chi connectivity index (χ0n) is 19.5. The number of carbonyl (C=O) groups excluding carboxylic acids is 3. The van der Waals surface area contributed by atoms with E-state index in [1.54, 1.807) is 16.8 Å². The first-order valence-electron chi connectivity index (χ1n) is 10.5. The van der Waals surface area contributed by atoms with Crippen LogP contribution in [0.1, 0.15) is 25.8 Å². The van der Waals surface area contributed by atoms with Crippen molar-refractivity contribution in [1.29, 1.82) is 0 Å². The first-order chi connectivity index (χ1) is 15.3. The second-order valence-electron chi connectivity index (χ2n) is 7.93. The molecule has 10 heteroatoms. The maximum Gasteiger partial charge on any atom is 0.248 e. The Balaban J connectivity index is 0.00000544. The van der Waals surface area contributed by atoms with Crippen LogP contribution >= 0.6 is 23.1 Å². The zero-order valence-corrected chi connectivity index (χ0v) is 23.2. The fraction of sp³-hybridized carbons (Fsp3) is 0.435. The van der Waals surface area contributed by atoms with Gasteiger partial charge in [-0.2, -0.15) is 0 Å². The van der Waals surface area contributed by atoms with Crippen molar-refractivity contribution in [2.45, 2.75) is 36.9 Å². The van der Waals surface area contributed by atoms with Gasteiger partial charge in [0.1, 0.15) is 6.04 Å². The molecule has 7 nitrogen and oxygen atoms in total. The third-order valence-corrected chi connectivity index (χ3v) is 7.31. The van der Waals surface area contributed by atoms with Gasteiger partial charge >= 0.3 is 0 Å². The Labute approximate surface area is 225 Å². The number of likely N-dealkylation sites (N-methyl/N-ethyl adjacent to an activating group) is 1. The molecule has 2 aromatic rings. The third kappa shape index (κ3) is 9.80. The molecule has 0 saturated heterocycles. The summed E-state index contributed by atoms with van der Waals surface area (Å²) in [7, 11) is 1.53. The van der Waals surface area contributed by atoms with Gasteiger partial charge in [0.05, 0.1) is 16.0 Å². The fourth-order valence-corrected chi connectivity index (χ4v) is 5.44. The summed E-state index contributed by atoms with van der Waals surface area (Å²) in [6, 6.07) is 12.5. The van der Waals surface area contributed by atoms with Crippen LogP contribution in [0.2, 0.25) is 0 Å². The van der Waals surface area contributed by atoms with Gasteiger partial charge in [-0.1, -0.05) is 50.2 Å². The summed E-state index contributed by atoms with van der Waals surface area (Å²) in [5.41, 5.74) is 2.64. The van der Waals surface area contributed by atoms with Crippen LogP contribution in [0.5, 0.6) is 0 Å². The SMILES string of the molecule is CNC(=O)[C@H](Cc1ccccc1)NC(=O)[C@H](CC(C)C)[C@H](CSc1cccs1)C(=O)NO.[Na]. The van der Waals surface area contributed by atoms with Crippen LogP contribution in [-0.4, -0.2) is 71.3 Å². The Morgan fingerprint density at radius 3 is 2.24 bits per heavy atom. The molecule has 0 aliphatic rings. The fourth-order valence-electron chi connectivity index (χ4n) is 3.45. The van der Waals surface area contributed by atoms with Gasteiger partial charge in [-0.3, -0.25) is 19.6 Å². The van der Waals surface area contributed by atoms with Crippen LogP contribution in [0, 0.1) is 17.8 Å². The second-order valence-corrected chi connectivity index (χ2v) is 10.2. The van der Waals surface area contributed by atoms with Crippen LogP contribution in [-0.2, 0) is 20.8 Å². The van der Waals surface area contributed by atoms with E-state index in [1.165, 1.54) is 18.8 Å². The summed E-state index contributed by atoms with van der Waals surface area (Å²) in [5.74, 6) is -2.26. The number of hydrogen-bond donors (Lipinski definition) is 4. The summed E-state index contributed by atoms with van der Waals surface area (Å²) >= 11 is 3.02. The molecule has 0 fully saturated rings. The minimum atomic E-state index is -0.771. The molecule has 0 saturated carbocycles. The first kappa shape index (κ1) is 29.7. The molecule has 1 heterocycles. The standard InChI is InChI=1S/C23H31N3O4S2.Na/c1-15(2)12-17(18(22(28)26-30)14-32-20-10-7-11-31-20)21(27)25-19(23(29)24-3)13-16-8-5-4-6-9-16;/h4-11,15,17-19,30H,12-14H2,1-3H3,(H,24,29)(H,25,27)(H,26,28);/t17-,18+,19+;/m1./s1. The summed E-state index contributed by atoms with van der Waals surface area (Å²) < 4.78 is 1.02. The average Bonchev–Trinajstić information content (AvgIpc) is 3.31. The minimum Gasteiger partial charge on any atom is -0.357 e. The van der Waals surface area contributed by atoms with Crippen molar-refractivity contribution in [2.75, 3.05) is 12.8 Å². The topological polar surface area (TPSA) is 108 Å². The Hall–Kier alpha value is -1.36. The molecule has 1 radical (unpaired) electrons. The maximum atomic E-state index is 13.4. The number of amides is 3. The molecule has 0 aliphatic heterocycles. The van der Waals surface area contributed by atoms with Crippen LogP contribution in [0.4, 0.5) is 0 Å². The molecule has 0 unspecified atom stereocenters. The average molecular weight is 501 g/mol. The summed E-state index contributed by atoms with van der Waals surface area (Å²) in [5, 5.41) is 16.7. The summed E-state index contributed by atoms with van der Waals surface area (Å²) in [4.78, 5) is 38.4. The molecule has 0 aliphatic carbocycles. The van der Waals surface area contributed by atoms with Crippen molar-refractivity contribution in [3.8, 4) is 0 Å². The van der Waals surface area contributed by atoms with Crippen molar-refractivity contribution >= 4 is 70.4 Å². The Morgan fingerprint density at radius 2 is 1.70 bits per heavy atom. The number of hydrogen-bond acceptors (Lipinski definition) is 6. The quantitative estimate of drug-likeness (QED) is 0.155. The van der Waals surface area contributed by atoms with Crippen molar-refractivity contribution < 1.29 is 19.6 Å². The van der Waals surface area contributed by atoms with Crippen LogP contribution in [0.15, 0.2) is 52.1 Å². The molecule has 175 valence electrons. The molecule has 0 spiro atoms. The smallest absolute Gasteiger partial charge is 0.248 e. The van der Waals surface area contributed by atoms with E-state index in [-0.39, 0.29) is 47.3 Å². The molecule has 2 rings (SSSR count). The number of thiophene rings is 1. The Bertz CT molecular complexity index is 866. The number of thioether (sulfide) groups is 1. The van der Waals surface area contributed by atoms with Crippen molar-refractivity contribution in [2.24, 2.45) is 17.8 Å². The van der Waals surface area contributed by atoms with Crippen molar-refractivity contribution in [3.05, 3.63) is 53.4 Å². The van der Waals surface area contributed by atoms with Gasteiger partial charge in [-0.15, -0.1) is 23.1 Å². The molecule has 3 amide bonds. The molecule has 1 aromatic heterocycles. The van der Waals surface area contributed by atoms with Crippen molar-refractivity contribution in [3.63, 3.8) is 0 Å². The van der Waals surface area contributed by atoms with Gasteiger partial charge in [-0.25, -0.2) is 5.48 Å². The maximum absolute atomic E-state index is 13.4. The van der Waals surface area contributed by atoms with Gasteiger partial charge in [0.15, 0.2) is 0 Å². The van der Waals surface area contributed by atoms with E-state index in [0.29, 0.717) is 18.6 Å². The van der Waals surface area contributed by atoms with Gasteiger partial charge in [0.25, 0.3) is 0 Å². The van der Waals surface area contributed by atoms with E-state index in [1.807, 2.05) is 61.7 Å². The predicted octanol–water partition coefficient (Wildman–Crippen LogP) is 2.72. The monoisotopic (exact) mass is 500 g/mol. The molecule has 33 heavy (non-hydrogen) atoms. The Kier molecular flexibility index (Phi) is 14.0. The molecule has 0 bridgehead atoms. The molecule has 4 N–H and O–H groups in total. The minimum absolute atomic E-state index is 0. The molecule has 1 aromatic carbocycles. The molecular weight excluding hydrogens is 469 g/mol. The number of carbonyl (C=O) groups is 3. The van der Waals surface area contributed by atoms with Crippen molar-refractivity contribution in [1.82, 2.24) is 16.1 Å². The number of hydroxylamine groups is 1. The number of nitrogens with one attached hydrogen (secondary N) is 3. The first-order valence-corrected chi connectivity index (χ1v) is 12.4. The van der Waals surface area contributed by atoms with Crippen LogP contribution in [0.3, 0.4) is 0 Å². The van der Waals surface area contributed by atoms with Crippen LogP contribution in [0.25, 0.3) is 0 Å². The van der Waals surface area contributed by atoms with E-state index >= 15 is 0 Å². The summed E-state index contributed by atoms with van der Waals surface area (Å²) in [6.45, 7) is 3.95. The largest absolute Gasteiger partial charge is 0.357 e. The predicted molar refractivity (Wildman–Crippen MR) is 133 cm³/mol. The molecular formula is C23H31N3NaO4S2. The van der Waals surface area contributed by atoms with Gasteiger partial charge in [0.2, 0.25) is 17.7 Å². The van der Waals surface area contributed by atoms with E-state index in [2.05, 4.69) is 10.6 Å². The molecule has 3 atom stereocenters. The normalized spacial score (nSPS) is 13.4. The van der Waals surface area contributed by atoms with E-state index in [0.717, 1.165) is 9.77 Å². The number of rotatable bonds is 12. The zero-order chi connectivity index (χ0) is 23.5. The van der Waals surface area contributed by atoms with Gasteiger partial charge in [0, 0.05) is 48.8 Å². The number of benzene rings is 1. The van der Waals surface area contributed by atoms with Crippen LogP contribution < -0.4 is 16.1 Å². The Morgan fingerprint density at radius 1 is 1.00 bits per heavy atom. The summed E-state index contributed by atoms with van der Waals surface area (Å²) in [6.07, 6.45) is 0.780. The third-order valence-electron chi connectivity index (χ3n) is 5.06. The van der Waals surface area contributed by atoms with E-state index in [4.69, 9.17) is 0 Å².